The Hall–Kier alpha value is -13.9. The second-order valence-corrected chi connectivity index (χ2v) is 50.0. The van der Waals surface area contributed by atoms with Crippen LogP contribution in [0, 0.1) is 0 Å². The monoisotopic (exact) mass is 1850 g/mol. The summed E-state index contributed by atoms with van der Waals surface area (Å²) in [7, 11) is 0. The first-order chi connectivity index (χ1) is 63.7. The molecule has 0 fully saturated rings. The molecule has 0 radical (unpaired) electrons. The Kier molecular flexibility index (Phi) is 18.6. The standard InChI is InChI=1S/C39H25N2PS.2C39H25N2PSe/c43-42(29-16-3-1-4-17-29,30-18-5-2-6-19-30)36-25-28-15-9-10-20-31(28)38-37(36)32-23-26-13-7-8-14-27(26)24-35(32)41-34-22-12-11-21-33(34)40-39(38)41;43-42(28-15-3-1-4-16-28,29-17-5-2-6-18-29)38-31-20-10-8-14-27(31)25-35-37(38)32-24-23-26-13-7-9-19-30(26)36(32)39-40-33-21-11-12-22-34(33)41(35)39;43-42(28-15-3-1-4-16-28,29-17-5-2-6-18-29)37-25-33-32-23-26-13-7-8-14-27(26)24-36(32)41-35-22-12-11-21-34(35)40-39(41)38(33)31-20-10-9-19-30(31)37/h3*1-25H. The Bertz CT molecular complexity index is 9360. The van der Waals surface area contributed by atoms with Gasteiger partial charge < -0.3 is 0 Å². The van der Waals surface area contributed by atoms with Crippen LogP contribution in [-0.2, 0) is 11.8 Å². The van der Waals surface area contributed by atoms with Gasteiger partial charge in [-0.05, 0) is 62.5 Å². The van der Waals surface area contributed by atoms with Crippen molar-refractivity contribution in [2.24, 2.45) is 0 Å². The molecule has 0 aliphatic heterocycles. The predicted octanol–water partition coefficient (Wildman–Crippen LogP) is 25.8. The van der Waals surface area contributed by atoms with Gasteiger partial charge >= 0.3 is 515 Å². The fourth-order valence-corrected chi connectivity index (χ4v) is 35.9. The maximum absolute atomic E-state index is 7.02. The number of hydrogen-bond donors (Lipinski definition) is 0. The molecular formula is C117H75N6P3SSe2. The van der Waals surface area contributed by atoms with Crippen LogP contribution in [0.25, 0.3) is 180 Å². The first-order valence-electron chi connectivity index (χ1n) is 43.5. The van der Waals surface area contributed by atoms with E-state index < -0.39 is 17.1 Å². The fourth-order valence-electron chi connectivity index (χ4n) is 20.6. The summed E-state index contributed by atoms with van der Waals surface area (Å²) in [5, 5.41) is 37.3. The molecule has 6 aromatic heterocycles. The molecule has 0 unspecified atom stereocenters. The number of fused-ring (bicyclic) bond motifs is 33. The molecule has 27 aromatic rings. The Balaban J connectivity index is 0.000000105. The van der Waals surface area contributed by atoms with E-state index in [1.54, 1.807) is 0 Å². The van der Waals surface area contributed by atoms with Crippen molar-refractivity contribution >= 4 is 287 Å². The molecule has 12 heteroatoms. The molecule has 0 saturated heterocycles. The first-order valence-corrected chi connectivity index (χ1v) is 54.3. The van der Waals surface area contributed by atoms with Crippen LogP contribution in [0.15, 0.2) is 455 Å². The zero-order chi connectivity index (χ0) is 85.6. The molecule has 0 spiro atoms. The van der Waals surface area contributed by atoms with Crippen LogP contribution in [0.2, 0.25) is 0 Å². The van der Waals surface area contributed by atoms with E-state index in [0.717, 1.165) is 60.9 Å². The molecule has 129 heavy (non-hydrogen) atoms. The molecule has 606 valence electrons. The van der Waals surface area contributed by atoms with Crippen molar-refractivity contribution in [3.05, 3.63) is 455 Å². The molecule has 0 N–H and O–H groups in total. The average molecular weight is 1850 g/mol. The number of imidazole rings is 3. The van der Waals surface area contributed by atoms with E-state index in [1.165, 1.54) is 166 Å². The van der Waals surface area contributed by atoms with Crippen molar-refractivity contribution < 1.29 is 0 Å². The quantitative estimate of drug-likeness (QED) is 0.0625. The van der Waals surface area contributed by atoms with Crippen molar-refractivity contribution in [2.45, 2.75) is 0 Å². The van der Waals surface area contributed by atoms with E-state index in [2.05, 4.69) is 498 Å². The molecule has 0 saturated carbocycles. The van der Waals surface area contributed by atoms with E-state index in [1.807, 2.05) is 0 Å². The third kappa shape index (κ3) is 12.1. The summed E-state index contributed by atoms with van der Waals surface area (Å²) in [5.74, 6) is 0. The number of pyridine rings is 3. The summed E-state index contributed by atoms with van der Waals surface area (Å²) in [6, 6.07) is 162. The van der Waals surface area contributed by atoms with Crippen molar-refractivity contribution in [3.8, 4) is 0 Å². The predicted molar refractivity (Wildman–Crippen MR) is 563 cm³/mol. The molecule has 0 bridgehead atoms. The van der Waals surface area contributed by atoms with Crippen LogP contribution in [0.1, 0.15) is 0 Å². The van der Waals surface area contributed by atoms with Crippen molar-refractivity contribution in [2.75, 3.05) is 0 Å². The summed E-state index contributed by atoms with van der Waals surface area (Å²) in [4.78, 5) is 15.9. The van der Waals surface area contributed by atoms with E-state index in [0.29, 0.717) is 0 Å². The van der Waals surface area contributed by atoms with Gasteiger partial charge in [-0.1, -0.05) is 133 Å². The molecule has 27 rings (SSSR count). The normalized spacial score (nSPS) is 12.3. The van der Waals surface area contributed by atoms with E-state index in [-0.39, 0.29) is 0 Å². The number of hydrogen-bond acceptors (Lipinski definition) is 4. The van der Waals surface area contributed by atoms with E-state index in [9.17, 15) is 0 Å². The van der Waals surface area contributed by atoms with Gasteiger partial charge in [0.15, 0.2) is 0 Å². The van der Waals surface area contributed by atoms with Gasteiger partial charge in [0.25, 0.3) is 0 Å². The summed E-state index contributed by atoms with van der Waals surface area (Å²) < 4.78 is 7.15. The average Bonchev–Trinajstić information content (AvgIpc) is 1.67. The van der Waals surface area contributed by atoms with Crippen molar-refractivity contribution in [1.29, 1.82) is 0 Å². The van der Waals surface area contributed by atoms with Crippen molar-refractivity contribution in [3.63, 3.8) is 0 Å². The number of aromatic nitrogens is 6. The zero-order valence-electron chi connectivity index (χ0n) is 69.6. The van der Waals surface area contributed by atoms with Gasteiger partial charge in [-0.25, -0.2) is 4.98 Å². The Morgan fingerprint density at radius 1 is 0.194 bits per heavy atom. The van der Waals surface area contributed by atoms with Gasteiger partial charge in [0, 0.05) is 27.5 Å². The van der Waals surface area contributed by atoms with Crippen LogP contribution in [0.5, 0.6) is 0 Å². The summed E-state index contributed by atoms with van der Waals surface area (Å²) >= 11 is 14.7. The molecular weight excluding hydrogens is 1770 g/mol. The minimum atomic E-state index is -2.51. The number of nitrogens with zero attached hydrogens (tertiary/aromatic N) is 6. The van der Waals surface area contributed by atoms with Gasteiger partial charge in [-0.3, -0.25) is 4.40 Å². The molecule has 0 atom stereocenters. The SMILES string of the molecule is S=P(c1ccccc1)(c1ccccc1)c1cc2ccccc2c2c1c1cc3ccccc3cc1n1c3ccccc3nc21.[Se]=P(c1ccccc1)(c1ccccc1)c1c2ccccc2cc2c1c1ccc3ccccc3c1c1nc3ccccc3n21.[Se]=P(c1ccccc1)(c1ccccc1)c1cc2c3cc4ccccc4cc3n3c4ccccc4nc3c2c2ccccc12. The molecule has 6 nitrogen and oxygen atoms in total. The van der Waals surface area contributed by atoms with Gasteiger partial charge in [0.2, 0.25) is 0 Å². The van der Waals surface area contributed by atoms with Gasteiger partial charge in [-0.2, -0.15) is 0 Å². The molecule has 6 heterocycles. The Labute approximate surface area is 763 Å². The molecule has 0 aliphatic carbocycles. The second-order valence-electron chi connectivity index (χ2n) is 33.3. The zero-order valence-corrected chi connectivity index (χ0v) is 76.5. The first kappa shape index (κ1) is 77.5. The maximum atomic E-state index is 7.02. The number of benzene rings is 21. The summed E-state index contributed by atoms with van der Waals surface area (Å²) in [6.45, 7) is 0. The summed E-state index contributed by atoms with van der Waals surface area (Å²) in [6.07, 6.45) is 0. The fraction of sp³-hybridized carbons (Fsp3) is 0. The van der Waals surface area contributed by atoms with Gasteiger partial charge in [0.05, 0.1) is 16.6 Å². The van der Waals surface area contributed by atoms with E-state index >= 15 is 0 Å². The number of rotatable bonds is 9. The van der Waals surface area contributed by atoms with Gasteiger partial charge in [0.1, 0.15) is 5.65 Å². The van der Waals surface area contributed by atoms with Crippen LogP contribution in [0.3, 0.4) is 0 Å². The Morgan fingerprint density at radius 3 is 1.02 bits per heavy atom. The van der Waals surface area contributed by atoms with Crippen LogP contribution < -0.4 is 47.7 Å². The van der Waals surface area contributed by atoms with Crippen LogP contribution >= 0.6 is 17.1 Å². The third-order valence-corrected chi connectivity index (χ3v) is 45.2. The van der Waals surface area contributed by atoms with E-state index in [4.69, 9.17) is 26.8 Å². The van der Waals surface area contributed by atoms with Crippen LogP contribution in [0.4, 0.5) is 0 Å². The molecule has 0 amide bonds. The summed E-state index contributed by atoms with van der Waals surface area (Å²) in [5.41, 5.74) is 8.47. The minimum absolute atomic E-state index is 0.972. The molecule has 0 aliphatic rings. The Morgan fingerprint density at radius 2 is 0.527 bits per heavy atom. The van der Waals surface area contributed by atoms with Crippen LogP contribution in [-0.4, -0.2) is 58.4 Å². The topological polar surface area (TPSA) is 51.9 Å². The second kappa shape index (κ2) is 31.0. The van der Waals surface area contributed by atoms with Crippen molar-refractivity contribution in [1.82, 2.24) is 28.2 Å². The molecule has 21 aromatic carbocycles. The third-order valence-electron chi connectivity index (χ3n) is 26.3. The van der Waals surface area contributed by atoms with Gasteiger partial charge in [-0.15, -0.1) is 0 Å². The number of para-hydroxylation sites is 6.